The van der Waals surface area contributed by atoms with Gasteiger partial charge in [-0.1, -0.05) is 30.3 Å². The van der Waals surface area contributed by atoms with E-state index in [1.54, 1.807) is 0 Å². The molecule has 2 unspecified atom stereocenters. The number of carbonyl (C=O) groups is 1. The summed E-state index contributed by atoms with van der Waals surface area (Å²) in [5, 5.41) is 2.29. The van der Waals surface area contributed by atoms with E-state index in [1.165, 1.54) is 0 Å². The van der Waals surface area contributed by atoms with E-state index in [1.807, 2.05) is 37.3 Å². The van der Waals surface area contributed by atoms with Gasteiger partial charge in [-0.3, -0.25) is 0 Å². The summed E-state index contributed by atoms with van der Waals surface area (Å²) in [6, 6.07) is 8.81. The number of benzene rings is 1. The van der Waals surface area contributed by atoms with Gasteiger partial charge in [-0.05, 0) is 12.5 Å². The second-order valence-electron chi connectivity index (χ2n) is 3.11. The Morgan fingerprint density at radius 2 is 2.00 bits per heavy atom. The van der Waals surface area contributed by atoms with Crippen LogP contribution >= 0.6 is 11.6 Å². The predicted molar refractivity (Wildman–Crippen MR) is 57.2 cm³/mol. The molecular formula is C10H13ClN2O. The molecule has 3 N–H and O–H groups in total. The van der Waals surface area contributed by atoms with Gasteiger partial charge in [0.05, 0.1) is 5.38 Å². The summed E-state index contributed by atoms with van der Waals surface area (Å²) in [6.45, 7) is 1.81. The summed E-state index contributed by atoms with van der Waals surface area (Å²) in [7, 11) is 0. The Hall–Kier alpha value is -1.22. The van der Waals surface area contributed by atoms with E-state index in [0.29, 0.717) is 0 Å². The summed E-state index contributed by atoms with van der Waals surface area (Å²) < 4.78 is 0. The highest BCUT2D eigenvalue weighted by atomic mass is 35.5. The number of nitrogens with two attached hydrogens (primary N) is 1. The Bertz CT molecular complexity index is 302. The third-order valence-electron chi connectivity index (χ3n) is 1.93. The van der Waals surface area contributed by atoms with Crippen LogP contribution < -0.4 is 11.1 Å². The van der Waals surface area contributed by atoms with Crippen LogP contribution in [0.5, 0.6) is 0 Å². The lowest BCUT2D eigenvalue weighted by molar-refractivity contribution is 0.245. The normalized spacial score (nSPS) is 14.4. The van der Waals surface area contributed by atoms with E-state index >= 15 is 0 Å². The third-order valence-corrected chi connectivity index (χ3v) is 2.56. The largest absolute Gasteiger partial charge is 0.352 e. The standard InChI is InChI=1S/C10H13ClN2O/c1-7(13-10(12)14)9(11)8-5-3-2-4-6-8/h2-7,9H,1H3,(H3,12,13,14). The molecule has 3 nitrogen and oxygen atoms in total. The smallest absolute Gasteiger partial charge is 0.312 e. The molecule has 0 spiro atoms. The van der Waals surface area contributed by atoms with Crippen LogP contribution in [0.4, 0.5) is 4.79 Å². The fourth-order valence-electron chi connectivity index (χ4n) is 1.22. The van der Waals surface area contributed by atoms with Gasteiger partial charge in [0, 0.05) is 6.04 Å². The molecule has 0 saturated carbocycles. The average molecular weight is 213 g/mol. The van der Waals surface area contributed by atoms with E-state index < -0.39 is 6.03 Å². The summed E-state index contributed by atoms with van der Waals surface area (Å²) >= 11 is 6.13. The number of amides is 2. The third kappa shape index (κ3) is 2.92. The highest BCUT2D eigenvalue weighted by Gasteiger charge is 2.16. The molecule has 0 aliphatic heterocycles. The van der Waals surface area contributed by atoms with E-state index in [4.69, 9.17) is 17.3 Å². The van der Waals surface area contributed by atoms with E-state index in [0.717, 1.165) is 5.56 Å². The molecule has 1 aromatic rings. The maximum absolute atomic E-state index is 10.6. The molecule has 0 radical (unpaired) electrons. The lowest BCUT2D eigenvalue weighted by atomic mass is 10.1. The van der Waals surface area contributed by atoms with Crippen molar-refractivity contribution < 1.29 is 4.79 Å². The number of hydrogen-bond donors (Lipinski definition) is 2. The number of primary amides is 1. The van der Waals surface area contributed by atoms with Crippen molar-refractivity contribution in [2.75, 3.05) is 0 Å². The summed E-state index contributed by atoms with van der Waals surface area (Å²) in [5.41, 5.74) is 5.97. The van der Waals surface area contributed by atoms with Crippen LogP contribution in [0.3, 0.4) is 0 Å². The molecule has 2 atom stereocenters. The van der Waals surface area contributed by atoms with Gasteiger partial charge in [0.1, 0.15) is 0 Å². The van der Waals surface area contributed by atoms with Gasteiger partial charge in [0.25, 0.3) is 0 Å². The zero-order chi connectivity index (χ0) is 10.6. The van der Waals surface area contributed by atoms with Gasteiger partial charge in [0.15, 0.2) is 0 Å². The number of carbonyl (C=O) groups excluding carboxylic acids is 1. The molecule has 1 rings (SSSR count). The van der Waals surface area contributed by atoms with Crippen LogP contribution in [0.1, 0.15) is 17.9 Å². The monoisotopic (exact) mass is 212 g/mol. The van der Waals surface area contributed by atoms with Gasteiger partial charge in [-0.25, -0.2) is 4.79 Å². The maximum Gasteiger partial charge on any atom is 0.312 e. The Balaban J connectivity index is 2.65. The van der Waals surface area contributed by atoms with Crippen LogP contribution in [0.2, 0.25) is 0 Å². The molecule has 0 aliphatic rings. The zero-order valence-electron chi connectivity index (χ0n) is 7.91. The number of alkyl halides is 1. The van der Waals surface area contributed by atoms with Gasteiger partial charge >= 0.3 is 6.03 Å². The van der Waals surface area contributed by atoms with Crippen LogP contribution in [0.15, 0.2) is 30.3 Å². The van der Waals surface area contributed by atoms with E-state index in [2.05, 4.69) is 5.32 Å². The summed E-state index contributed by atoms with van der Waals surface area (Å²) in [6.07, 6.45) is 0. The molecule has 2 amide bonds. The fourth-order valence-corrected chi connectivity index (χ4v) is 1.43. The first-order valence-electron chi connectivity index (χ1n) is 4.36. The van der Waals surface area contributed by atoms with Crippen molar-refractivity contribution in [3.05, 3.63) is 35.9 Å². The second kappa shape index (κ2) is 4.86. The van der Waals surface area contributed by atoms with Gasteiger partial charge in [-0.2, -0.15) is 0 Å². The minimum Gasteiger partial charge on any atom is -0.352 e. The zero-order valence-corrected chi connectivity index (χ0v) is 8.66. The number of hydrogen-bond acceptors (Lipinski definition) is 1. The number of nitrogens with one attached hydrogen (secondary N) is 1. The van der Waals surface area contributed by atoms with Crippen LogP contribution in [-0.4, -0.2) is 12.1 Å². The molecule has 1 aromatic carbocycles. The van der Waals surface area contributed by atoms with Crippen molar-refractivity contribution in [1.29, 1.82) is 0 Å². The first kappa shape index (κ1) is 10.9. The van der Waals surface area contributed by atoms with Crippen LogP contribution in [-0.2, 0) is 0 Å². The van der Waals surface area contributed by atoms with Gasteiger partial charge in [0.2, 0.25) is 0 Å². The Labute approximate surface area is 88.2 Å². The molecule has 0 aliphatic carbocycles. The molecule has 0 fully saturated rings. The average Bonchev–Trinajstić information content (AvgIpc) is 2.17. The summed E-state index contributed by atoms with van der Waals surface area (Å²) in [5.74, 6) is 0. The lowest BCUT2D eigenvalue weighted by Crippen LogP contribution is -2.39. The number of halogens is 1. The van der Waals surface area contributed by atoms with Crippen molar-refractivity contribution in [2.24, 2.45) is 5.73 Å². The quantitative estimate of drug-likeness (QED) is 0.741. The maximum atomic E-state index is 10.6. The van der Waals surface area contributed by atoms with Crippen LogP contribution in [0, 0.1) is 0 Å². The number of urea groups is 1. The van der Waals surface area contributed by atoms with Crippen molar-refractivity contribution in [3.8, 4) is 0 Å². The molecule has 0 saturated heterocycles. The highest BCUT2D eigenvalue weighted by molar-refractivity contribution is 6.21. The highest BCUT2D eigenvalue weighted by Crippen LogP contribution is 2.23. The summed E-state index contributed by atoms with van der Waals surface area (Å²) in [4.78, 5) is 10.6. The Morgan fingerprint density at radius 3 is 2.50 bits per heavy atom. The number of rotatable bonds is 3. The molecular weight excluding hydrogens is 200 g/mol. The molecule has 14 heavy (non-hydrogen) atoms. The van der Waals surface area contributed by atoms with Crippen molar-refractivity contribution in [3.63, 3.8) is 0 Å². The minimum absolute atomic E-state index is 0.184. The van der Waals surface area contributed by atoms with Crippen molar-refractivity contribution >= 4 is 17.6 Å². The van der Waals surface area contributed by atoms with E-state index in [-0.39, 0.29) is 11.4 Å². The fraction of sp³-hybridized carbons (Fsp3) is 0.300. The first-order valence-corrected chi connectivity index (χ1v) is 4.80. The predicted octanol–water partition coefficient (Wildman–Crippen LogP) is 2.02. The van der Waals surface area contributed by atoms with Gasteiger partial charge in [-0.15, -0.1) is 11.6 Å². The molecule has 0 heterocycles. The topological polar surface area (TPSA) is 55.1 Å². The Kier molecular flexibility index (Phi) is 3.77. The van der Waals surface area contributed by atoms with E-state index in [9.17, 15) is 4.79 Å². The lowest BCUT2D eigenvalue weighted by Gasteiger charge is -2.18. The van der Waals surface area contributed by atoms with Crippen molar-refractivity contribution in [1.82, 2.24) is 5.32 Å². The molecule has 0 bridgehead atoms. The Morgan fingerprint density at radius 1 is 1.43 bits per heavy atom. The SMILES string of the molecule is CC(NC(N)=O)C(Cl)c1ccccc1. The molecule has 76 valence electrons. The van der Waals surface area contributed by atoms with Crippen molar-refractivity contribution in [2.45, 2.75) is 18.3 Å². The molecule has 4 heteroatoms. The van der Waals surface area contributed by atoms with Crippen LogP contribution in [0.25, 0.3) is 0 Å². The first-order chi connectivity index (χ1) is 6.61. The van der Waals surface area contributed by atoms with Gasteiger partial charge < -0.3 is 11.1 Å². The second-order valence-corrected chi connectivity index (χ2v) is 3.58. The minimum atomic E-state index is -0.556. The molecule has 0 aromatic heterocycles.